The molecule has 0 aliphatic rings. The first kappa shape index (κ1) is 38.2. The number of fused-ring (bicyclic) bond motifs is 10. The zero-order chi connectivity index (χ0) is 44.7. The van der Waals surface area contributed by atoms with Gasteiger partial charge in [0.25, 0.3) is 0 Å². The predicted molar refractivity (Wildman–Crippen MR) is 284 cm³/mol. The molecular formula is C64H40N2O2. The molecule has 0 radical (unpaired) electrons. The Kier molecular flexibility index (Phi) is 8.55. The van der Waals surface area contributed by atoms with Crippen LogP contribution in [0.5, 0.6) is 0 Å². The quantitative estimate of drug-likeness (QED) is 0.160. The van der Waals surface area contributed by atoms with Gasteiger partial charge in [0.15, 0.2) is 0 Å². The molecule has 0 aliphatic heterocycles. The normalized spacial score (nSPS) is 11.8. The van der Waals surface area contributed by atoms with Crippen LogP contribution in [-0.4, -0.2) is 4.57 Å². The van der Waals surface area contributed by atoms with E-state index < -0.39 is 0 Å². The van der Waals surface area contributed by atoms with Crippen molar-refractivity contribution in [3.05, 3.63) is 243 Å². The van der Waals surface area contributed by atoms with E-state index in [1.807, 2.05) is 18.2 Å². The topological polar surface area (TPSA) is 34.5 Å². The number of hydrogen-bond acceptors (Lipinski definition) is 3. The lowest BCUT2D eigenvalue weighted by Gasteiger charge is -2.29. The highest BCUT2D eigenvalue weighted by Gasteiger charge is 2.25. The molecular weight excluding hydrogens is 829 g/mol. The van der Waals surface area contributed by atoms with E-state index in [9.17, 15) is 0 Å². The number of hydrogen-bond donors (Lipinski definition) is 0. The fourth-order valence-electron chi connectivity index (χ4n) is 10.6. The van der Waals surface area contributed by atoms with Crippen LogP contribution >= 0.6 is 0 Å². The Bertz CT molecular complexity index is 4230. The van der Waals surface area contributed by atoms with Crippen LogP contribution < -0.4 is 4.90 Å². The average Bonchev–Trinajstić information content (AvgIpc) is 4.09. The summed E-state index contributed by atoms with van der Waals surface area (Å²) in [6, 6.07) is 87.0. The Morgan fingerprint density at radius 1 is 0.324 bits per heavy atom. The molecule has 0 N–H and O–H groups in total. The number of aromatic nitrogens is 1. The van der Waals surface area contributed by atoms with Gasteiger partial charge >= 0.3 is 0 Å². The van der Waals surface area contributed by atoms with Crippen LogP contribution in [0, 0.1) is 0 Å². The third-order valence-corrected chi connectivity index (χ3v) is 13.8. The number of anilines is 3. The van der Waals surface area contributed by atoms with E-state index in [4.69, 9.17) is 8.83 Å². The van der Waals surface area contributed by atoms with Crippen LogP contribution in [0.2, 0.25) is 0 Å². The molecule has 0 atom stereocenters. The molecule has 4 heteroatoms. The third kappa shape index (κ3) is 6.01. The van der Waals surface area contributed by atoms with E-state index in [1.165, 1.54) is 27.1 Å². The van der Waals surface area contributed by atoms with Gasteiger partial charge in [-0.3, -0.25) is 0 Å². The minimum absolute atomic E-state index is 0.837. The molecule has 4 nitrogen and oxygen atoms in total. The van der Waals surface area contributed by atoms with Gasteiger partial charge in [0.05, 0.1) is 16.7 Å². The van der Waals surface area contributed by atoms with Crippen molar-refractivity contribution in [3.63, 3.8) is 0 Å². The van der Waals surface area contributed by atoms with Crippen LogP contribution in [0.1, 0.15) is 0 Å². The van der Waals surface area contributed by atoms with E-state index in [2.05, 4.69) is 234 Å². The molecule has 318 valence electrons. The predicted octanol–water partition coefficient (Wildman–Crippen LogP) is 18.2. The van der Waals surface area contributed by atoms with Crippen molar-refractivity contribution in [2.45, 2.75) is 0 Å². The molecule has 11 aromatic carbocycles. The lowest BCUT2D eigenvalue weighted by molar-refractivity contribution is 0.669. The minimum Gasteiger partial charge on any atom is -0.455 e. The Morgan fingerprint density at radius 2 is 0.912 bits per heavy atom. The van der Waals surface area contributed by atoms with Crippen molar-refractivity contribution in [2.24, 2.45) is 0 Å². The van der Waals surface area contributed by atoms with Gasteiger partial charge < -0.3 is 18.3 Å². The molecule has 14 aromatic rings. The Morgan fingerprint density at radius 3 is 1.68 bits per heavy atom. The maximum absolute atomic E-state index is 7.01. The van der Waals surface area contributed by atoms with Gasteiger partial charge in [-0.05, 0) is 112 Å². The van der Waals surface area contributed by atoms with Crippen LogP contribution in [0.4, 0.5) is 17.1 Å². The molecule has 0 fully saturated rings. The van der Waals surface area contributed by atoms with Crippen LogP contribution in [-0.2, 0) is 0 Å². The minimum atomic E-state index is 0.837. The summed E-state index contributed by atoms with van der Waals surface area (Å²) in [6.07, 6.45) is 0. The van der Waals surface area contributed by atoms with Crippen LogP contribution in [0.25, 0.3) is 116 Å². The van der Waals surface area contributed by atoms with Gasteiger partial charge in [-0.15, -0.1) is 0 Å². The van der Waals surface area contributed by atoms with E-state index in [-0.39, 0.29) is 0 Å². The monoisotopic (exact) mass is 868 g/mol. The van der Waals surface area contributed by atoms with E-state index >= 15 is 0 Å². The summed E-state index contributed by atoms with van der Waals surface area (Å²) in [5.74, 6) is 0. The molecule has 14 rings (SSSR count). The summed E-state index contributed by atoms with van der Waals surface area (Å²) in [5, 5.41) is 9.27. The summed E-state index contributed by atoms with van der Waals surface area (Å²) in [7, 11) is 0. The first-order valence-electron chi connectivity index (χ1n) is 23.2. The molecule has 3 heterocycles. The number of nitrogens with zero attached hydrogens (tertiary/aromatic N) is 2. The molecule has 3 aromatic heterocycles. The maximum atomic E-state index is 7.01. The van der Waals surface area contributed by atoms with Crippen molar-refractivity contribution >= 4 is 93.5 Å². The van der Waals surface area contributed by atoms with Crippen molar-refractivity contribution in [1.29, 1.82) is 0 Å². The maximum Gasteiger partial charge on any atom is 0.145 e. The lowest BCUT2D eigenvalue weighted by atomic mass is 9.97. The van der Waals surface area contributed by atoms with Crippen molar-refractivity contribution in [2.75, 3.05) is 4.90 Å². The van der Waals surface area contributed by atoms with Gasteiger partial charge in [-0.1, -0.05) is 164 Å². The summed E-state index contributed by atoms with van der Waals surface area (Å²) in [5.41, 5.74) is 16.3. The molecule has 0 bridgehead atoms. The number of rotatable bonds is 7. The van der Waals surface area contributed by atoms with E-state index in [0.29, 0.717) is 0 Å². The summed E-state index contributed by atoms with van der Waals surface area (Å²) < 4.78 is 16.0. The van der Waals surface area contributed by atoms with Crippen molar-refractivity contribution < 1.29 is 8.83 Å². The van der Waals surface area contributed by atoms with Gasteiger partial charge in [-0.25, -0.2) is 0 Å². The first-order chi connectivity index (χ1) is 33.7. The number of furan rings is 2. The largest absolute Gasteiger partial charge is 0.455 e. The molecule has 68 heavy (non-hydrogen) atoms. The van der Waals surface area contributed by atoms with E-state index in [0.717, 1.165) is 105 Å². The molecule has 0 saturated heterocycles. The van der Waals surface area contributed by atoms with E-state index in [1.54, 1.807) is 0 Å². The molecule has 0 aliphatic carbocycles. The number of para-hydroxylation sites is 5. The second kappa shape index (κ2) is 15.2. The van der Waals surface area contributed by atoms with Gasteiger partial charge in [-0.2, -0.15) is 0 Å². The smallest absolute Gasteiger partial charge is 0.145 e. The van der Waals surface area contributed by atoms with Gasteiger partial charge in [0.1, 0.15) is 22.3 Å². The standard InChI is InChI=1S/C64H40N2O2/c1-2-15-43-38-44(31-30-41(43)14-1)42-32-34-47(35-33-42)65(48-18-11-16-45(39-48)50-24-13-25-55-53-22-5-9-28-60(53)67-63(50)55)59-37-36-56-54-23-6-10-29-61(54)68-64(56)62(59)46-17-12-19-49(40-46)66-57-26-7-3-20-51(57)52-21-4-8-27-58(52)66/h1-40H. The fourth-order valence-corrected chi connectivity index (χ4v) is 10.6. The third-order valence-electron chi connectivity index (χ3n) is 13.8. The second-order valence-corrected chi connectivity index (χ2v) is 17.6. The van der Waals surface area contributed by atoms with Crippen molar-refractivity contribution in [3.8, 4) is 39.1 Å². The Balaban J connectivity index is 1.01. The van der Waals surface area contributed by atoms with Crippen LogP contribution in [0.15, 0.2) is 251 Å². The summed E-state index contributed by atoms with van der Waals surface area (Å²) >= 11 is 0. The molecule has 0 saturated carbocycles. The Labute approximate surface area is 391 Å². The second-order valence-electron chi connectivity index (χ2n) is 17.6. The van der Waals surface area contributed by atoms with Crippen LogP contribution in [0.3, 0.4) is 0 Å². The molecule has 0 amide bonds. The zero-order valence-corrected chi connectivity index (χ0v) is 36.8. The molecule has 0 unspecified atom stereocenters. The average molecular weight is 869 g/mol. The SMILES string of the molecule is c1cc(-c2cccc3c2oc2ccccc23)cc(N(c2ccc(-c3ccc4ccccc4c3)cc2)c2ccc3c(oc4ccccc43)c2-c2cccc(-n3c4ccccc4c4ccccc43)c2)c1. The number of benzene rings is 11. The highest BCUT2D eigenvalue weighted by Crippen LogP contribution is 2.48. The highest BCUT2D eigenvalue weighted by atomic mass is 16.3. The Hall–Kier alpha value is -9.12. The first-order valence-corrected chi connectivity index (χ1v) is 23.2. The summed E-state index contributed by atoms with van der Waals surface area (Å²) in [6.45, 7) is 0. The van der Waals surface area contributed by atoms with Gasteiger partial charge in [0.2, 0.25) is 0 Å². The zero-order valence-electron chi connectivity index (χ0n) is 36.8. The molecule has 0 spiro atoms. The lowest BCUT2D eigenvalue weighted by Crippen LogP contribution is -2.11. The highest BCUT2D eigenvalue weighted by molar-refractivity contribution is 6.14. The van der Waals surface area contributed by atoms with Gasteiger partial charge in [0, 0.05) is 60.5 Å². The van der Waals surface area contributed by atoms with Crippen molar-refractivity contribution in [1.82, 2.24) is 4.57 Å². The fraction of sp³-hybridized carbons (Fsp3) is 0. The summed E-state index contributed by atoms with van der Waals surface area (Å²) in [4.78, 5) is 2.39.